The highest BCUT2D eigenvalue weighted by atomic mass is 16.6. The zero-order valence-electron chi connectivity index (χ0n) is 25.4. The lowest BCUT2D eigenvalue weighted by Gasteiger charge is -2.20. The van der Waals surface area contributed by atoms with Crippen LogP contribution in [0, 0.1) is 0 Å². The second-order valence-corrected chi connectivity index (χ2v) is 10.8. The SMILES string of the molecule is CCCCCCCCCCCCCCOCC(COc1ccc(C/C(N)=N/O)cc1)Oc1ccc(C/C(N)=N/O)cc1. The molecule has 0 fully saturated rings. The van der Waals surface area contributed by atoms with E-state index in [1.54, 1.807) is 0 Å². The number of benzene rings is 2. The Hall–Kier alpha value is -3.46. The summed E-state index contributed by atoms with van der Waals surface area (Å²) in [4.78, 5) is 0. The number of nitrogens with zero attached hydrogens (tertiary/aromatic N) is 2. The van der Waals surface area contributed by atoms with Gasteiger partial charge in [-0.05, 0) is 41.8 Å². The largest absolute Gasteiger partial charge is 0.490 e. The summed E-state index contributed by atoms with van der Waals surface area (Å²) in [5, 5.41) is 23.6. The fraction of sp³-hybridized carbons (Fsp3) is 0.576. The van der Waals surface area contributed by atoms with Crippen molar-refractivity contribution in [3.8, 4) is 11.5 Å². The summed E-state index contributed by atoms with van der Waals surface area (Å²) in [6, 6.07) is 15.0. The maximum Gasteiger partial charge on any atom is 0.156 e. The molecule has 2 aromatic carbocycles. The Balaban J connectivity index is 1.75. The van der Waals surface area contributed by atoms with Gasteiger partial charge in [0.25, 0.3) is 0 Å². The number of unbranched alkanes of at least 4 members (excludes halogenated alkanes) is 11. The number of ether oxygens (including phenoxy) is 3. The summed E-state index contributed by atoms with van der Waals surface area (Å²) in [6.07, 6.45) is 16.1. The molecule has 0 amide bonds. The van der Waals surface area contributed by atoms with Gasteiger partial charge < -0.3 is 36.1 Å². The van der Waals surface area contributed by atoms with Gasteiger partial charge in [0.05, 0.1) is 6.61 Å². The van der Waals surface area contributed by atoms with E-state index < -0.39 is 0 Å². The van der Waals surface area contributed by atoms with E-state index in [2.05, 4.69) is 17.2 Å². The van der Waals surface area contributed by atoms with Crippen LogP contribution in [0.4, 0.5) is 0 Å². The van der Waals surface area contributed by atoms with Crippen LogP contribution in [-0.2, 0) is 17.6 Å². The van der Waals surface area contributed by atoms with Gasteiger partial charge in [0.1, 0.15) is 29.8 Å². The van der Waals surface area contributed by atoms with Gasteiger partial charge in [0, 0.05) is 19.4 Å². The van der Waals surface area contributed by atoms with Gasteiger partial charge in [0.2, 0.25) is 0 Å². The van der Waals surface area contributed by atoms with Crippen molar-refractivity contribution >= 4 is 11.7 Å². The number of hydrogen-bond acceptors (Lipinski definition) is 7. The molecule has 0 aliphatic rings. The Labute approximate surface area is 251 Å². The van der Waals surface area contributed by atoms with E-state index in [-0.39, 0.29) is 17.8 Å². The molecular formula is C33H52N4O5. The fourth-order valence-electron chi connectivity index (χ4n) is 4.64. The molecule has 0 aliphatic carbocycles. The van der Waals surface area contributed by atoms with Crippen molar-refractivity contribution in [3.63, 3.8) is 0 Å². The van der Waals surface area contributed by atoms with Gasteiger partial charge in [-0.15, -0.1) is 0 Å². The third-order valence-corrected chi connectivity index (χ3v) is 7.06. The molecule has 6 N–H and O–H groups in total. The van der Waals surface area contributed by atoms with Crippen molar-refractivity contribution in [1.29, 1.82) is 0 Å². The Morgan fingerprint density at radius 2 is 1.10 bits per heavy atom. The van der Waals surface area contributed by atoms with E-state index in [1.807, 2.05) is 48.5 Å². The van der Waals surface area contributed by atoms with E-state index in [4.69, 9.17) is 36.1 Å². The van der Waals surface area contributed by atoms with Crippen molar-refractivity contribution in [2.24, 2.45) is 21.8 Å². The van der Waals surface area contributed by atoms with Gasteiger partial charge in [-0.3, -0.25) is 0 Å². The highest BCUT2D eigenvalue weighted by molar-refractivity contribution is 5.82. The second-order valence-electron chi connectivity index (χ2n) is 10.8. The standard InChI is InChI=1S/C33H52N4O5/c1-2-3-4-5-6-7-8-9-10-11-12-13-22-40-25-31(42-30-20-16-28(17-21-30)24-33(35)37-39)26-41-29-18-14-27(15-19-29)23-32(34)36-38/h14-21,31,38-39H,2-13,22-26H2,1H3,(H2,34,36)(H2,35,37). The summed E-state index contributed by atoms with van der Waals surface area (Å²) < 4.78 is 18.2. The maximum atomic E-state index is 8.80. The van der Waals surface area contributed by atoms with Crippen LogP contribution >= 0.6 is 0 Å². The molecule has 0 radical (unpaired) electrons. The van der Waals surface area contributed by atoms with Gasteiger partial charge in [0.15, 0.2) is 6.10 Å². The predicted octanol–water partition coefficient (Wildman–Crippen LogP) is 6.81. The number of nitrogens with two attached hydrogens (primary N) is 2. The molecule has 9 nitrogen and oxygen atoms in total. The van der Waals surface area contributed by atoms with E-state index in [9.17, 15) is 0 Å². The summed E-state index contributed by atoms with van der Waals surface area (Å²) in [5.74, 6) is 1.69. The minimum absolute atomic E-state index is 0.151. The van der Waals surface area contributed by atoms with E-state index in [0.717, 1.165) is 17.5 Å². The first-order valence-corrected chi connectivity index (χ1v) is 15.5. The smallest absolute Gasteiger partial charge is 0.156 e. The van der Waals surface area contributed by atoms with Gasteiger partial charge in [-0.2, -0.15) is 0 Å². The molecule has 2 aromatic rings. The lowest BCUT2D eigenvalue weighted by Crippen LogP contribution is -2.30. The molecule has 0 saturated carbocycles. The quantitative estimate of drug-likeness (QED) is 0.0349. The van der Waals surface area contributed by atoms with Crippen LogP contribution in [0.2, 0.25) is 0 Å². The number of amidine groups is 2. The predicted molar refractivity (Wildman–Crippen MR) is 169 cm³/mol. The van der Waals surface area contributed by atoms with Crippen molar-refractivity contribution in [3.05, 3.63) is 59.7 Å². The minimum atomic E-state index is -0.311. The molecule has 1 unspecified atom stereocenters. The fourth-order valence-corrected chi connectivity index (χ4v) is 4.64. The second kappa shape index (κ2) is 22.2. The molecule has 1 atom stereocenters. The third kappa shape index (κ3) is 16.1. The zero-order chi connectivity index (χ0) is 30.3. The van der Waals surface area contributed by atoms with E-state index in [0.29, 0.717) is 44.2 Å². The van der Waals surface area contributed by atoms with Gasteiger partial charge >= 0.3 is 0 Å². The average molecular weight is 585 g/mol. The molecule has 0 aromatic heterocycles. The lowest BCUT2D eigenvalue weighted by molar-refractivity contribution is 0.0244. The van der Waals surface area contributed by atoms with Crippen LogP contribution in [0.25, 0.3) is 0 Å². The normalized spacial score (nSPS) is 12.8. The highest BCUT2D eigenvalue weighted by Gasteiger charge is 2.13. The first-order valence-electron chi connectivity index (χ1n) is 15.5. The number of rotatable bonds is 24. The van der Waals surface area contributed by atoms with Gasteiger partial charge in [-0.1, -0.05) is 112 Å². The topological polar surface area (TPSA) is 145 Å². The molecule has 2 rings (SSSR count). The van der Waals surface area contributed by atoms with E-state index in [1.165, 1.54) is 70.6 Å². The monoisotopic (exact) mass is 584 g/mol. The number of hydrogen-bond donors (Lipinski definition) is 4. The Kier molecular flexibility index (Phi) is 18.3. The maximum absolute atomic E-state index is 8.80. The molecule has 0 spiro atoms. The van der Waals surface area contributed by atoms with Crippen molar-refractivity contribution in [1.82, 2.24) is 0 Å². The van der Waals surface area contributed by atoms with Crippen LogP contribution in [0.3, 0.4) is 0 Å². The lowest BCUT2D eigenvalue weighted by atomic mass is 10.1. The minimum Gasteiger partial charge on any atom is -0.490 e. The van der Waals surface area contributed by atoms with Crippen LogP contribution in [0.1, 0.15) is 95.1 Å². The van der Waals surface area contributed by atoms with Crippen LogP contribution in [0.15, 0.2) is 58.8 Å². The van der Waals surface area contributed by atoms with Crippen molar-refractivity contribution in [2.45, 2.75) is 103 Å². The van der Waals surface area contributed by atoms with Crippen LogP contribution < -0.4 is 20.9 Å². The number of oxime groups is 2. The first-order chi connectivity index (χ1) is 20.5. The molecule has 42 heavy (non-hydrogen) atoms. The molecule has 0 aliphatic heterocycles. The Bertz CT molecular complexity index is 1010. The summed E-state index contributed by atoms with van der Waals surface area (Å²) in [6.45, 7) is 3.67. The first kappa shape index (κ1) is 34.7. The average Bonchev–Trinajstić information content (AvgIpc) is 3.01. The van der Waals surface area contributed by atoms with Crippen LogP contribution in [-0.4, -0.2) is 48.0 Å². The van der Waals surface area contributed by atoms with Crippen molar-refractivity contribution < 1.29 is 24.6 Å². The summed E-state index contributed by atoms with van der Waals surface area (Å²) in [5.41, 5.74) is 13.0. The zero-order valence-corrected chi connectivity index (χ0v) is 25.4. The highest BCUT2D eigenvalue weighted by Crippen LogP contribution is 2.18. The summed E-state index contributed by atoms with van der Waals surface area (Å²) in [7, 11) is 0. The molecule has 0 saturated heterocycles. The molecule has 0 bridgehead atoms. The molecule has 9 heteroatoms. The van der Waals surface area contributed by atoms with Gasteiger partial charge in [-0.25, -0.2) is 0 Å². The molecule has 0 heterocycles. The van der Waals surface area contributed by atoms with Crippen LogP contribution in [0.5, 0.6) is 11.5 Å². The van der Waals surface area contributed by atoms with E-state index >= 15 is 0 Å². The van der Waals surface area contributed by atoms with Crippen molar-refractivity contribution in [2.75, 3.05) is 19.8 Å². The molecule has 234 valence electrons. The Morgan fingerprint density at radius 3 is 1.57 bits per heavy atom. The Morgan fingerprint density at radius 1 is 0.643 bits per heavy atom. The third-order valence-electron chi connectivity index (χ3n) is 7.06. The molecular weight excluding hydrogens is 532 g/mol. The summed E-state index contributed by atoms with van der Waals surface area (Å²) >= 11 is 0.